The number of hydrogen-bond acceptors (Lipinski definition) is 2. The van der Waals surface area contributed by atoms with Crippen LogP contribution in [-0.4, -0.2) is 10.1 Å². The van der Waals surface area contributed by atoms with Crippen LogP contribution in [0.5, 0.6) is 5.75 Å². The maximum atomic E-state index is 12.5. The number of aromatic hydroxyl groups is 1. The van der Waals surface area contributed by atoms with E-state index in [0.717, 1.165) is 12.1 Å². The lowest BCUT2D eigenvalue weighted by atomic mass is 9.99. The number of rotatable bonds is 1. The summed E-state index contributed by atoms with van der Waals surface area (Å²) in [6.07, 6.45) is -1.58. The number of aromatic nitrogens is 1. The third-order valence-electron chi connectivity index (χ3n) is 2.59. The van der Waals surface area contributed by atoms with E-state index < -0.39 is 11.7 Å². The Morgan fingerprint density at radius 3 is 2.39 bits per heavy atom. The highest BCUT2D eigenvalue weighted by molar-refractivity contribution is 5.67. The minimum absolute atomic E-state index is 0.0215. The van der Waals surface area contributed by atoms with Gasteiger partial charge in [-0.3, -0.25) is 4.98 Å². The topological polar surface area (TPSA) is 33.1 Å². The molecule has 2 rings (SSSR count). The fourth-order valence-corrected chi connectivity index (χ4v) is 1.74. The van der Waals surface area contributed by atoms with Gasteiger partial charge in [-0.15, -0.1) is 0 Å². The van der Waals surface area contributed by atoms with E-state index in [1.807, 2.05) is 0 Å². The lowest BCUT2D eigenvalue weighted by Gasteiger charge is -2.11. The minimum atomic E-state index is -4.35. The summed E-state index contributed by atoms with van der Waals surface area (Å²) >= 11 is 0. The van der Waals surface area contributed by atoms with Gasteiger partial charge in [0.2, 0.25) is 0 Å². The van der Waals surface area contributed by atoms with E-state index >= 15 is 0 Å². The quantitative estimate of drug-likeness (QED) is 0.838. The van der Waals surface area contributed by atoms with Gasteiger partial charge in [-0.2, -0.15) is 13.2 Å². The largest absolute Gasteiger partial charge is 0.506 e. The standard InChI is InChI=1S/C13H10F3NO/c1-8-4-10(13(14,15)16)2-3-12(8)9-5-11(18)7-17-6-9/h2-7,18H,1H3. The van der Waals surface area contributed by atoms with Crippen LogP contribution in [0.25, 0.3) is 11.1 Å². The molecule has 0 radical (unpaired) electrons. The van der Waals surface area contributed by atoms with Crippen molar-refractivity contribution in [2.45, 2.75) is 13.1 Å². The van der Waals surface area contributed by atoms with Gasteiger partial charge >= 0.3 is 6.18 Å². The normalized spacial score (nSPS) is 11.6. The molecule has 0 amide bonds. The molecule has 0 saturated carbocycles. The van der Waals surface area contributed by atoms with Gasteiger partial charge in [0.15, 0.2) is 0 Å². The summed E-state index contributed by atoms with van der Waals surface area (Å²) in [6, 6.07) is 4.95. The molecular formula is C13H10F3NO. The SMILES string of the molecule is Cc1cc(C(F)(F)F)ccc1-c1cncc(O)c1. The first-order valence-electron chi connectivity index (χ1n) is 5.20. The van der Waals surface area contributed by atoms with Crippen LogP contribution in [0.4, 0.5) is 13.2 Å². The van der Waals surface area contributed by atoms with Crippen LogP contribution < -0.4 is 0 Å². The Hall–Kier alpha value is -2.04. The van der Waals surface area contributed by atoms with Crippen molar-refractivity contribution in [3.63, 3.8) is 0 Å². The first-order chi connectivity index (χ1) is 8.38. The molecule has 0 fully saturated rings. The Bertz CT molecular complexity index is 579. The average molecular weight is 253 g/mol. The zero-order chi connectivity index (χ0) is 13.3. The monoisotopic (exact) mass is 253 g/mol. The zero-order valence-electron chi connectivity index (χ0n) is 9.49. The molecule has 1 N–H and O–H groups in total. The highest BCUT2D eigenvalue weighted by Gasteiger charge is 2.30. The van der Waals surface area contributed by atoms with E-state index in [1.165, 1.54) is 24.5 Å². The predicted octanol–water partition coefficient (Wildman–Crippen LogP) is 3.78. The van der Waals surface area contributed by atoms with Crippen LogP contribution in [0.1, 0.15) is 11.1 Å². The average Bonchev–Trinajstić information content (AvgIpc) is 2.27. The van der Waals surface area contributed by atoms with Crippen LogP contribution in [0.2, 0.25) is 0 Å². The van der Waals surface area contributed by atoms with Crippen LogP contribution >= 0.6 is 0 Å². The van der Waals surface area contributed by atoms with Crippen molar-refractivity contribution < 1.29 is 18.3 Å². The molecule has 5 heteroatoms. The van der Waals surface area contributed by atoms with Crippen molar-refractivity contribution in [1.29, 1.82) is 0 Å². The van der Waals surface area contributed by atoms with Crippen molar-refractivity contribution in [1.82, 2.24) is 4.98 Å². The molecule has 0 saturated heterocycles. The maximum Gasteiger partial charge on any atom is 0.416 e. The number of alkyl halides is 3. The number of pyridine rings is 1. The number of hydrogen-bond donors (Lipinski definition) is 1. The second-order valence-corrected chi connectivity index (χ2v) is 3.96. The summed E-state index contributed by atoms with van der Waals surface area (Å²) in [5.41, 5.74) is 1.00. The molecule has 18 heavy (non-hydrogen) atoms. The molecule has 2 nitrogen and oxygen atoms in total. The molecule has 0 atom stereocenters. The highest BCUT2D eigenvalue weighted by atomic mass is 19.4. The third kappa shape index (κ3) is 2.45. The molecule has 0 aliphatic heterocycles. The van der Waals surface area contributed by atoms with Gasteiger partial charge in [0.05, 0.1) is 11.8 Å². The predicted molar refractivity (Wildman–Crippen MR) is 61.1 cm³/mol. The molecule has 0 bridgehead atoms. The first kappa shape index (κ1) is 12.4. The van der Waals surface area contributed by atoms with Crippen molar-refractivity contribution >= 4 is 0 Å². The van der Waals surface area contributed by atoms with Gasteiger partial charge in [-0.25, -0.2) is 0 Å². The van der Waals surface area contributed by atoms with Crippen molar-refractivity contribution in [2.24, 2.45) is 0 Å². The third-order valence-corrected chi connectivity index (χ3v) is 2.59. The van der Waals surface area contributed by atoms with Crippen LogP contribution in [0, 0.1) is 6.92 Å². The van der Waals surface area contributed by atoms with E-state index in [4.69, 9.17) is 0 Å². The molecule has 2 aromatic rings. The van der Waals surface area contributed by atoms with Crippen molar-refractivity contribution in [3.05, 3.63) is 47.8 Å². The summed E-state index contributed by atoms with van der Waals surface area (Å²) in [5.74, 6) is -0.0215. The molecule has 0 aliphatic carbocycles. The smallest absolute Gasteiger partial charge is 0.416 e. The van der Waals surface area contributed by atoms with Crippen LogP contribution in [0.3, 0.4) is 0 Å². The zero-order valence-corrected chi connectivity index (χ0v) is 9.49. The molecule has 1 aromatic heterocycles. The minimum Gasteiger partial charge on any atom is -0.506 e. The molecule has 1 aromatic carbocycles. The molecule has 94 valence electrons. The van der Waals surface area contributed by atoms with E-state index in [0.29, 0.717) is 16.7 Å². The summed E-state index contributed by atoms with van der Waals surface area (Å²) < 4.78 is 37.5. The second-order valence-electron chi connectivity index (χ2n) is 3.96. The Kier molecular flexibility index (Phi) is 2.98. The summed E-state index contributed by atoms with van der Waals surface area (Å²) in [5, 5.41) is 9.31. The fraction of sp³-hybridized carbons (Fsp3) is 0.154. The van der Waals surface area contributed by atoms with E-state index in [1.54, 1.807) is 6.92 Å². The van der Waals surface area contributed by atoms with Gasteiger partial charge in [-0.05, 0) is 36.2 Å². The Morgan fingerprint density at radius 1 is 1.11 bits per heavy atom. The van der Waals surface area contributed by atoms with Gasteiger partial charge in [0.25, 0.3) is 0 Å². The Balaban J connectivity index is 2.48. The van der Waals surface area contributed by atoms with Gasteiger partial charge in [0.1, 0.15) is 5.75 Å². The molecular weight excluding hydrogens is 243 g/mol. The molecule has 0 spiro atoms. The number of halogens is 3. The fourth-order valence-electron chi connectivity index (χ4n) is 1.74. The lowest BCUT2D eigenvalue weighted by molar-refractivity contribution is -0.137. The number of aryl methyl sites for hydroxylation is 1. The Morgan fingerprint density at radius 2 is 1.83 bits per heavy atom. The number of benzene rings is 1. The number of nitrogens with zero attached hydrogens (tertiary/aromatic N) is 1. The van der Waals surface area contributed by atoms with Crippen LogP contribution in [0.15, 0.2) is 36.7 Å². The molecule has 1 heterocycles. The van der Waals surface area contributed by atoms with E-state index in [2.05, 4.69) is 4.98 Å². The Labute approximate surface area is 102 Å². The molecule has 0 unspecified atom stereocenters. The lowest BCUT2D eigenvalue weighted by Crippen LogP contribution is -2.05. The van der Waals surface area contributed by atoms with Gasteiger partial charge in [0, 0.05) is 11.8 Å². The summed E-state index contributed by atoms with van der Waals surface area (Å²) in [4.78, 5) is 3.80. The van der Waals surface area contributed by atoms with E-state index in [-0.39, 0.29) is 5.75 Å². The first-order valence-corrected chi connectivity index (χ1v) is 5.20. The highest BCUT2D eigenvalue weighted by Crippen LogP contribution is 2.33. The van der Waals surface area contributed by atoms with E-state index in [9.17, 15) is 18.3 Å². The molecule has 0 aliphatic rings. The van der Waals surface area contributed by atoms with Crippen molar-refractivity contribution in [3.8, 4) is 16.9 Å². The van der Waals surface area contributed by atoms with Gasteiger partial charge < -0.3 is 5.11 Å². The maximum absolute atomic E-state index is 12.5. The summed E-state index contributed by atoms with van der Waals surface area (Å²) in [7, 11) is 0. The van der Waals surface area contributed by atoms with Gasteiger partial charge in [-0.1, -0.05) is 6.07 Å². The van der Waals surface area contributed by atoms with Crippen molar-refractivity contribution in [2.75, 3.05) is 0 Å². The van der Waals surface area contributed by atoms with Crippen LogP contribution in [-0.2, 0) is 6.18 Å². The summed E-state index contributed by atoms with van der Waals surface area (Å²) in [6.45, 7) is 1.59. The second kappa shape index (κ2) is 4.33.